The third kappa shape index (κ3) is 2.99. The Kier molecular flexibility index (Phi) is 4.17. The average molecular weight is 315 g/mol. The zero-order chi connectivity index (χ0) is 16.6. The second-order valence-electron chi connectivity index (χ2n) is 6.36. The van der Waals surface area contributed by atoms with Crippen molar-refractivity contribution in [3.05, 3.63) is 29.8 Å². The molecule has 2 saturated heterocycles. The van der Waals surface area contributed by atoms with Crippen molar-refractivity contribution in [2.45, 2.75) is 32.2 Å². The molecule has 2 fully saturated rings. The van der Waals surface area contributed by atoms with E-state index >= 15 is 0 Å². The molecule has 23 heavy (non-hydrogen) atoms. The van der Waals surface area contributed by atoms with Gasteiger partial charge in [-0.15, -0.1) is 0 Å². The number of likely N-dealkylation sites (tertiary alicyclic amines) is 1. The van der Waals surface area contributed by atoms with Crippen molar-refractivity contribution >= 4 is 23.4 Å². The van der Waals surface area contributed by atoms with E-state index in [9.17, 15) is 14.4 Å². The molecule has 0 saturated carbocycles. The van der Waals surface area contributed by atoms with Crippen molar-refractivity contribution in [3.8, 4) is 0 Å². The van der Waals surface area contributed by atoms with Gasteiger partial charge >= 0.3 is 0 Å². The van der Waals surface area contributed by atoms with Crippen LogP contribution in [0.4, 0.5) is 5.69 Å². The number of hydrogen-bond acceptors (Lipinski definition) is 4. The van der Waals surface area contributed by atoms with Gasteiger partial charge in [-0.05, 0) is 38.4 Å². The Morgan fingerprint density at radius 2 is 1.91 bits per heavy atom. The van der Waals surface area contributed by atoms with Gasteiger partial charge in [-0.25, -0.2) is 4.90 Å². The van der Waals surface area contributed by atoms with Gasteiger partial charge in [0.1, 0.15) is 0 Å². The van der Waals surface area contributed by atoms with Gasteiger partial charge in [-0.1, -0.05) is 17.7 Å². The Balaban J connectivity index is 1.78. The molecule has 0 aliphatic carbocycles. The molecule has 2 atom stereocenters. The first-order valence-corrected chi connectivity index (χ1v) is 7.94. The van der Waals surface area contributed by atoms with Crippen molar-refractivity contribution < 1.29 is 14.4 Å². The van der Waals surface area contributed by atoms with Gasteiger partial charge in [0.05, 0.1) is 24.1 Å². The minimum Gasteiger partial charge on any atom is -0.369 e. The van der Waals surface area contributed by atoms with Gasteiger partial charge in [0.15, 0.2) is 0 Å². The Labute approximate surface area is 135 Å². The summed E-state index contributed by atoms with van der Waals surface area (Å²) < 4.78 is 0. The number of nitrogens with two attached hydrogens (primary N) is 1. The maximum atomic E-state index is 12.7. The van der Waals surface area contributed by atoms with E-state index in [1.165, 1.54) is 4.90 Å². The van der Waals surface area contributed by atoms with Crippen LogP contribution in [0.2, 0.25) is 0 Å². The second-order valence-corrected chi connectivity index (χ2v) is 6.36. The van der Waals surface area contributed by atoms with E-state index < -0.39 is 6.04 Å². The highest BCUT2D eigenvalue weighted by molar-refractivity contribution is 6.22. The number of carbonyl (C=O) groups excluding carboxylic acids is 3. The number of hydrogen-bond donors (Lipinski definition) is 1. The molecule has 3 amide bonds. The third-order valence-corrected chi connectivity index (χ3v) is 4.71. The summed E-state index contributed by atoms with van der Waals surface area (Å²) >= 11 is 0. The summed E-state index contributed by atoms with van der Waals surface area (Å²) in [6.07, 6.45) is 1.73. The standard InChI is InChI=1S/C17H21N3O3/c1-11-4-6-13(7-5-11)20-15(21)9-14(17(20)23)19-8-2-3-12(10-19)16(18)22/h4-7,12,14H,2-3,8-10H2,1H3,(H2,18,22)/t12-,14-/m0/s1. The lowest BCUT2D eigenvalue weighted by Crippen LogP contribution is -2.49. The normalized spacial score (nSPS) is 25.9. The van der Waals surface area contributed by atoms with Crippen molar-refractivity contribution in [2.24, 2.45) is 11.7 Å². The molecule has 0 radical (unpaired) electrons. The lowest BCUT2D eigenvalue weighted by atomic mass is 9.96. The van der Waals surface area contributed by atoms with Gasteiger partial charge in [0.25, 0.3) is 5.91 Å². The van der Waals surface area contributed by atoms with Crippen LogP contribution in [0.15, 0.2) is 24.3 Å². The number of aryl methyl sites for hydroxylation is 1. The fraction of sp³-hybridized carbons (Fsp3) is 0.471. The monoisotopic (exact) mass is 315 g/mol. The quantitative estimate of drug-likeness (QED) is 0.837. The first kappa shape index (κ1) is 15.7. The molecule has 6 heteroatoms. The van der Waals surface area contributed by atoms with Gasteiger partial charge in [-0.2, -0.15) is 0 Å². The number of primary amides is 1. The molecular formula is C17H21N3O3. The number of piperidine rings is 1. The minimum absolute atomic E-state index is 0.165. The summed E-state index contributed by atoms with van der Waals surface area (Å²) in [6, 6.07) is 6.86. The van der Waals surface area contributed by atoms with Crippen LogP contribution in [0.5, 0.6) is 0 Å². The van der Waals surface area contributed by atoms with Crippen LogP contribution in [0.1, 0.15) is 24.8 Å². The van der Waals surface area contributed by atoms with Crippen LogP contribution in [-0.4, -0.2) is 41.8 Å². The Bertz CT molecular complexity index is 641. The molecule has 1 aromatic carbocycles. The van der Waals surface area contributed by atoms with Gasteiger partial charge < -0.3 is 5.73 Å². The molecule has 2 heterocycles. The SMILES string of the molecule is Cc1ccc(N2C(=O)C[C@H](N3CCC[C@H](C(N)=O)C3)C2=O)cc1. The number of nitrogens with zero attached hydrogens (tertiary/aromatic N) is 2. The van der Waals surface area contributed by atoms with E-state index in [2.05, 4.69) is 0 Å². The number of amides is 3. The molecule has 2 aliphatic rings. The highest BCUT2D eigenvalue weighted by atomic mass is 16.2. The fourth-order valence-corrected chi connectivity index (χ4v) is 3.39. The average Bonchev–Trinajstić information content (AvgIpc) is 2.83. The fourth-order valence-electron chi connectivity index (χ4n) is 3.39. The Morgan fingerprint density at radius 1 is 1.22 bits per heavy atom. The van der Waals surface area contributed by atoms with Crippen molar-refractivity contribution in [1.82, 2.24) is 4.90 Å². The van der Waals surface area contributed by atoms with E-state index in [4.69, 9.17) is 5.73 Å². The highest BCUT2D eigenvalue weighted by Crippen LogP contribution is 2.28. The summed E-state index contributed by atoms with van der Waals surface area (Å²) in [5.41, 5.74) is 7.08. The Morgan fingerprint density at radius 3 is 2.57 bits per heavy atom. The summed E-state index contributed by atoms with van der Waals surface area (Å²) in [4.78, 5) is 39.7. The van der Waals surface area contributed by atoms with Crippen LogP contribution in [0.25, 0.3) is 0 Å². The smallest absolute Gasteiger partial charge is 0.251 e. The molecule has 0 aromatic heterocycles. The number of rotatable bonds is 3. The topological polar surface area (TPSA) is 83.7 Å². The largest absolute Gasteiger partial charge is 0.369 e. The van der Waals surface area contributed by atoms with E-state index in [-0.39, 0.29) is 30.1 Å². The predicted molar refractivity (Wildman–Crippen MR) is 85.6 cm³/mol. The maximum absolute atomic E-state index is 12.7. The van der Waals surface area contributed by atoms with Crippen molar-refractivity contribution in [3.63, 3.8) is 0 Å². The van der Waals surface area contributed by atoms with E-state index in [1.807, 2.05) is 24.0 Å². The zero-order valence-electron chi connectivity index (χ0n) is 13.2. The summed E-state index contributed by atoms with van der Waals surface area (Å²) in [6.45, 7) is 3.13. The first-order chi connectivity index (χ1) is 11.0. The predicted octanol–water partition coefficient (Wildman–Crippen LogP) is 0.824. The van der Waals surface area contributed by atoms with Crippen LogP contribution in [0, 0.1) is 12.8 Å². The van der Waals surface area contributed by atoms with Crippen LogP contribution >= 0.6 is 0 Å². The number of benzene rings is 1. The molecule has 2 N–H and O–H groups in total. The van der Waals surface area contributed by atoms with E-state index in [0.29, 0.717) is 12.2 Å². The Hall–Kier alpha value is -2.21. The highest BCUT2D eigenvalue weighted by Gasteiger charge is 2.44. The van der Waals surface area contributed by atoms with Crippen LogP contribution in [0.3, 0.4) is 0 Å². The minimum atomic E-state index is -0.481. The van der Waals surface area contributed by atoms with Gasteiger partial charge in [0, 0.05) is 6.54 Å². The lowest BCUT2D eigenvalue weighted by Gasteiger charge is -2.34. The van der Waals surface area contributed by atoms with E-state index in [1.54, 1.807) is 12.1 Å². The van der Waals surface area contributed by atoms with Gasteiger partial charge in [0.2, 0.25) is 11.8 Å². The maximum Gasteiger partial charge on any atom is 0.251 e. The number of anilines is 1. The molecule has 2 aliphatic heterocycles. The lowest BCUT2D eigenvalue weighted by molar-refractivity contribution is -0.127. The summed E-state index contributed by atoms with van der Waals surface area (Å²) in [7, 11) is 0. The molecule has 1 aromatic rings. The molecule has 0 bridgehead atoms. The second kappa shape index (κ2) is 6.12. The van der Waals surface area contributed by atoms with Crippen LogP contribution < -0.4 is 10.6 Å². The zero-order valence-corrected chi connectivity index (χ0v) is 13.2. The molecule has 0 unspecified atom stereocenters. The molecule has 0 spiro atoms. The van der Waals surface area contributed by atoms with Crippen LogP contribution in [-0.2, 0) is 14.4 Å². The summed E-state index contributed by atoms with van der Waals surface area (Å²) in [5.74, 6) is -0.962. The third-order valence-electron chi connectivity index (χ3n) is 4.71. The molecular weight excluding hydrogens is 294 g/mol. The number of imide groups is 1. The van der Waals surface area contributed by atoms with Crippen molar-refractivity contribution in [1.29, 1.82) is 0 Å². The number of carbonyl (C=O) groups is 3. The van der Waals surface area contributed by atoms with Gasteiger partial charge in [-0.3, -0.25) is 19.3 Å². The molecule has 3 rings (SSSR count). The molecule has 122 valence electrons. The first-order valence-electron chi connectivity index (χ1n) is 7.94. The van der Waals surface area contributed by atoms with E-state index in [0.717, 1.165) is 24.9 Å². The van der Waals surface area contributed by atoms with Crippen molar-refractivity contribution in [2.75, 3.05) is 18.0 Å². The molecule has 6 nitrogen and oxygen atoms in total. The summed E-state index contributed by atoms with van der Waals surface area (Å²) in [5, 5.41) is 0.